The molecule has 0 bridgehead atoms. The zero-order valence-corrected chi connectivity index (χ0v) is 16.3. The molecule has 0 aliphatic carbocycles. The minimum atomic E-state index is -1.12. The van der Waals surface area contributed by atoms with Crippen molar-refractivity contribution in [1.29, 1.82) is 0 Å². The highest BCUT2D eigenvalue weighted by Gasteiger charge is 2.19. The molecular formula is C19H13FN6O3S. The number of benzene rings is 2. The maximum absolute atomic E-state index is 14.2. The maximum Gasteiger partial charge on any atom is 0.307 e. The van der Waals surface area contributed by atoms with Gasteiger partial charge < -0.3 is 0 Å². The molecule has 2 aromatic heterocycles. The van der Waals surface area contributed by atoms with Crippen LogP contribution in [0.2, 0.25) is 0 Å². The van der Waals surface area contributed by atoms with Gasteiger partial charge in [0, 0.05) is 17.0 Å². The van der Waals surface area contributed by atoms with Gasteiger partial charge in [0.2, 0.25) is 10.9 Å². The van der Waals surface area contributed by atoms with E-state index in [9.17, 15) is 19.3 Å². The summed E-state index contributed by atoms with van der Waals surface area (Å²) in [5.74, 6) is -1.12. The smallest absolute Gasteiger partial charge is 0.291 e. The lowest BCUT2D eigenvalue weighted by atomic mass is 10.2. The lowest BCUT2D eigenvalue weighted by Crippen LogP contribution is -2.13. The Hall–Kier alpha value is -3.99. The van der Waals surface area contributed by atoms with Crippen molar-refractivity contribution in [3.8, 4) is 16.4 Å². The maximum atomic E-state index is 14.2. The van der Waals surface area contributed by atoms with Crippen LogP contribution in [0.3, 0.4) is 0 Å². The fourth-order valence-electron chi connectivity index (χ4n) is 2.73. The van der Waals surface area contributed by atoms with Crippen molar-refractivity contribution in [2.45, 2.75) is 6.92 Å². The highest BCUT2D eigenvalue weighted by molar-refractivity contribution is 7.12. The fraction of sp³-hybridized carbons (Fsp3) is 0.0526. The van der Waals surface area contributed by atoms with Crippen LogP contribution in [0.25, 0.3) is 16.4 Å². The molecule has 11 heteroatoms. The highest BCUT2D eigenvalue weighted by Crippen LogP contribution is 2.28. The molecule has 4 aromatic rings. The Morgan fingerprint density at radius 3 is 2.67 bits per heavy atom. The molecular weight excluding hydrogens is 411 g/mol. The van der Waals surface area contributed by atoms with E-state index in [2.05, 4.69) is 20.3 Å². The number of aromatic nitrogens is 3. The number of azo groups is 1. The van der Waals surface area contributed by atoms with Crippen LogP contribution in [-0.4, -0.2) is 19.7 Å². The van der Waals surface area contributed by atoms with E-state index >= 15 is 0 Å². The first-order valence-electron chi connectivity index (χ1n) is 8.63. The number of halogens is 1. The number of rotatable bonds is 5. The quantitative estimate of drug-likeness (QED) is 0.274. The number of nitrogens with zero attached hydrogens (tertiary/aromatic N) is 5. The van der Waals surface area contributed by atoms with Gasteiger partial charge in [0.1, 0.15) is 5.69 Å². The minimum Gasteiger partial charge on any atom is -0.291 e. The topological polar surface area (TPSA) is 119 Å². The van der Waals surface area contributed by atoms with E-state index in [1.165, 1.54) is 28.2 Å². The average Bonchev–Trinajstić information content (AvgIpc) is 3.33. The van der Waals surface area contributed by atoms with Crippen LogP contribution >= 0.6 is 11.3 Å². The average molecular weight is 424 g/mol. The van der Waals surface area contributed by atoms with E-state index in [0.717, 1.165) is 17.3 Å². The monoisotopic (exact) mass is 424 g/mol. The number of nitro groups is 1. The van der Waals surface area contributed by atoms with Crippen LogP contribution < -0.4 is 5.56 Å². The molecule has 0 radical (unpaired) electrons. The Morgan fingerprint density at radius 2 is 1.93 bits per heavy atom. The Balaban J connectivity index is 1.68. The van der Waals surface area contributed by atoms with E-state index < -0.39 is 22.0 Å². The molecule has 0 unspecified atom stereocenters. The molecule has 30 heavy (non-hydrogen) atoms. The third kappa shape index (κ3) is 3.53. The number of aryl methyl sites for hydroxylation is 1. The summed E-state index contributed by atoms with van der Waals surface area (Å²) in [5, 5.41) is 23.5. The van der Waals surface area contributed by atoms with Crippen molar-refractivity contribution in [1.82, 2.24) is 14.8 Å². The van der Waals surface area contributed by atoms with Crippen LogP contribution in [0.4, 0.5) is 21.5 Å². The van der Waals surface area contributed by atoms with Crippen LogP contribution in [0.1, 0.15) is 5.69 Å². The number of nitrogens with one attached hydrogen (secondary N) is 1. The van der Waals surface area contributed by atoms with E-state index in [0.29, 0.717) is 10.8 Å². The van der Waals surface area contributed by atoms with Gasteiger partial charge in [-0.1, -0.05) is 36.4 Å². The second-order valence-electron chi connectivity index (χ2n) is 6.17. The molecule has 2 aromatic carbocycles. The molecule has 1 N–H and O–H groups in total. The van der Waals surface area contributed by atoms with Gasteiger partial charge >= 0.3 is 11.2 Å². The summed E-state index contributed by atoms with van der Waals surface area (Å²) >= 11 is 1.27. The third-order valence-corrected chi connectivity index (χ3v) is 5.03. The Labute approximate surface area is 172 Å². The molecule has 9 nitrogen and oxygen atoms in total. The molecule has 0 atom stereocenters. The minimum absolute atomic E-state index is 0.0441. The summed E-state index contributed by atoms with van der Waals surface area (Å²) in [5.41, 5.74) is 0.413. The first-order valence-corrected chi connectivity index (χ1v) is 9.51. The zero-order valence-electron chi connectivity index (χ0n) is 15.4. The van der Waals surface area contributed by atoms with Crippen LogP contribution in [0, 0.1) is 22.9 Å². The zero-order chi connectivity index (χ0) is 21.3. The van der Waals surface area contributed by atoms with E-state index in [1.807, 2.05) is 35.7 Å². The molecule has 2 heterocycles. The summed E-state index contributed by atoms with van der Waals surface area (Å²) in [6.07, 6.45) is 0. The summed E-state index contributed by atoms with van der Waals surface area (Å²) < 4.78 is 15.4. The lowest BCUT2D eigenvalue weighted by Gasteiger charge is -1.96. The fourth-order valence-corrected chi connectivity index (χ4v) is 3.52. The van der Waals surface area contributed by atoms with Gasteiger partial charge in [0.15, 0.2) is 5.69 Å². The number of hydrogen-bond donors (Lipinski definition) is 1. The molecule has 150 valence electrons. The predicted molar refractivity (Wildman–Crippen MR) is 109 cm³/mol. The molecule has 0 fully saturated rings. The standard InChI is InChI=1S/C19H13FN6O3S/c1-11-17(23-22-13-8-5-9-15(16(13)20)26(28)29)18(27)25(24-11)19-21-14(10-30-19)12-6-3-2-4-7-12/h2-10,24H,1H3. The number of hydrogen-bond acceptors (Lipinski definition) is 7. The summed E-state index contributed by atoms with van der Waals surface area (Å²) in [6, 6.07) is 13.1. The van der Waals surface area contributed by atoms with Gasteiger partial charge in [0.25, 0.3) is 0 Å². The predicted octanol–water partition coefficient (Wildman–Crippen LogP) is 5.06. The highest BCUT2D eigenvalue weighted by atomic mass is 32.1. The van der Waals surface area contributed by atoms with E-state index in [-0.39, 0.29) is 11.4 Å². The van der Waals surface area contributed by atoms with Gasteiger partial charge in [-0.25, -0.2) is 4.98 Å². The third-order valence-electron chi connectivity index (χ3n) is 4.21. The van der Waals surface area contributed by atoms with Gasteiger partial charge in [-0.15, -0.1) is 21.6 Å². The van der Waals surface area contributed by atoms with E-state index in [1.54, 1.807) is 6.92 Å². The number of aromatic amines is 1. The largest absolute Gasteiger partial charge is 0.307 e. The van der Waals surface area contributed by atoms with Gasteiger partial charge in [-0.2, -0.15) is 9.07 Å². The molecule has 4 rings (SSSR count). The molecule has 0 aliphatic heterocycles. The molecule has 0 saturated carbocycles. The van der Waals surface area contributed by atoms with Crippen molar-refractivity contribution in [3.05, 3.63) is 85.9 Å². The van der Waals surface area contributed by atoms with Crippen molar-refractivity contribution in [2.24, 2.45) is 10.2 Å². The molecule has 0 amide bonds. The van der Waals surface area contributed by atoms with Crippen molar-refractivity contribution < 1.29 is 9.31 Å². The normalized spacial score (nSPS) is 11.3. The second kappa shape index (κ2) is 7.79. The molecule has 0 aliphatic rings. The summed E-state index contributed by atoms with van der Waals surface area (Å²) in [4.78, 5) is 27.2. The first kappa shape index (κ1) is 19.3. The summed E-state index contributed by atoms with van der Waals surface area (Å²) in [6.45, 7) is 1.61. The lowest BCUT2D eigenvalue weighted by molar-refractivity contribution is -0.387. The van der Waals surface area contributed by atoms with Gasteiger partial charge in [0.05, 0.1) is 16.3 Å². The van der Waals surface area contributed by atoms with Gasteiger partial charge in [-0.3, -0.25) is 20.0 Å². The summed E-state index contributed by atoms with van der Waals surface area (Å²) in [7, 11) is 0. The first-order chi connectivity index (χ1) is 14.5. The van der Waals surface area contributed by atoms with Crippen molar-refractivity contribution >= 4 is 28.4 Å². The van der Waals surface area contributed by atoms with Crippen molar-refractivity contribution in [2.75, 3.05) is 0 Å². The second-order valence-corrected chi connectivity index (χ2v) is 7.01. The number of nitro benzene ring substituents is 1. The van der Waals surface area contributed by atoms with Crippen LogP contribution in [-0.2, 0) is 0 Å². The number of H-pyrrole nitrogens is 1. The number of thiazole rings is 1. The van der Waals surface area contributed by atoms with Gasteiger partial charge in [-0.05, 0) is 13.0 Å². The Morgan fingerprint density at radius 1 is 1.17 bits per heavy atom. The molecule has 0 saturated heterocycles. The SMILES string of the molecule is Cc1[nH]n(-c2nc(-c3ccccc3)cs2)c(=O)c1N=Nc1cccc([N+](=O)[O-])c1F. The molecule has 0 spiro atoms. The van der Waals surface area contributed by atoms with E-state index in [4.69, 9.17) is 0 Å². The Kier molecular flexibility index (Phi) is 5.02. The van der Waals surface area contributed by atoms with Crippen LogP contribution in [0.5, 0.6) is 0 Å². The van der Waals surface area contributed by atoms with Crippen molar-refractivity contribution in [3.63, 3.8) is 0 Å². The van der Waals surface area contributed by atoms with Crippen LogP contribution in [0.15, 0.2) is 68.9 Å². The Bertz CT molecular complexity index is 1330.